The van der Waals surface area contributed by atoms with E-state index in [9.17, 15) is 4.79 Å². The summed E-state index contributed by atoms with van der Waals surface area (Å²) in [6.45, 7) is 17.2. The van der Waals surface area contributed by atoms with Gasteiger partial charge in [0.2, 0.25) is 0 Å². The Bertz CT molecular complexity index is 712. The van der Waals surface area contributed by atoms with E-state index in [0.29, 0.717) is 13.1 Å². The van der Waals surface area contributed by atoms with Gasteiger partial charge in [-0.1, -0.05) is 37.3 Å². The summed E-state index contributed by atoms with van der Waals surface area (Å²) in [5, 5.41) is 0. The first-order chi connectivity index (χ1) is 12.8. The highest BCUT2D eigenvalue weighted by molar-refractivity contribution is 6.48. The normalized spacial score (nSPS) is 29.2. The van der Waals surface area contributed by atoms with E-state index in [-0.39, 0.29) is 24.4 Å². The summed E-state index contributed by atoms with van der Waals surface area (Å²) in [4.78, 5) is 14.6. The molecule has 2 aliphatic heterocycles. The van der Waals surface area contributed by atoms with E-state index >= 15 is 0 Å². The molecule has 2 fully saturated rings. The Balaban J connectivity index is 1.93. The highest BCUT2D eigenvalue weighted by Gasteiger charge is 2.60. The molecule has 2 atom stereocenters. The van der Waals surface area contributed by atoms with Crippen molar-refractivity contribution in [3.63, 3.8) is 0 Å². The molecular weight excluding hydrogens is 353 g/mol. The molecule has 3 rings (SSSR count). The predicted molar refractivity (Wildman–Crippen MR) is 111 cm³/mol. The summed E-state index contributed by atoms with van der Waals surface area (Å²) >= 11 is 0. The molecule has 0 N–H and O–H groups in total. The predicted octanol–water partition coefficient (Wildman–Crippen LogP) is 4.66. The van der Waals surface area contributed by atoms with Crippen LogP contribution in [0.25, 0.3) is 0 Å². The number of benzene rings is 1. The van der Waals surface area contributed by atoms with Crippen molar-refractivity contribution in [3.05, 3.63) is 35.9 Å². The lowest BCUT2D eigenvalue weighted by Crippen LogP contribution is -2.41. The van der Waals surface area contributed by atoms with Gasteiger partial charge in [-0.2, -0.15) is 0 Å². The number of hydrogen-bond donors (Lipinski definition) is 0. The molecule has 2 saturated heterocycles. The molecule has 1 amide bonds. The number of hydrogen-bond acceptors (Lipinski definition) is 4. The minimum absolute atomic E-state index is 0.00321. The van der Waals surface area contributed by atoms with Crippen molar-refractivity contribution in [2.75, 3.05) is 13.1 Å². The molecule has 0 radical (unpaired) electrons. The Hall–Kier alpha value is -1.53. The lowest BCUT2D eigenvalue weighted by Gasteiger charge is -2.32. The minimum atomic E-state index is -0.525. The van der Waals surface area contributed by atoms with Crippen molar-refractivity contribution >= 4 is 13.2 Å². The molecule has 1 aromatic carbocycles. The maximum Gasteiger partial charge on any atom is 0.463 e. The Morgan fingerprint density at radius 1 is 1.07 bits per heavy atom. The van der Waals surface area contributed by atoms with E-state index in [0.717, 1.165) is 0 Å². The quantitative estimate of drug-likeness (QED) is 0.693. The largest absolute Gasteiger partial charge is 0.463 e. The van der Waals surface area contributed by atoms with Crippen molar-refractivity contribution in [1.82, 2.24) is 4.90 Å². The van der Waals surface area contributed by atoms with Crippen LogP contribution in [0.3, 0.4) is 0 Å². The van der Waals surface area contributed by atoms with Gasteiger partial charge in [0.05, 0.1) is 11.2 Å². The highest BCUT2D eigenvalue weighted by atomic mass is 16.7. The second-order valence-corrected chi connectivity index (χ2v) is 10.4. The van der Waals surface area contributed by atoms with Crippen LogP contribution >= 0.6 is 0 Å². The average molecular weight is 387 g/mol. The molecule has 6 heteroatoms. The third-order valence-electron chi connectivity index (χ3n) is 6.44. The molecular formula is C22H34BNO4. The molecule has 5 nitrogen and oxygen atoms in total. The Labute approximate surface area is 169 Å². The molecule has 28 heavy (non-hydrogen) atoms. The molecule has 0 saturated carbocycles. The van der Waals surface area contributed by atoms with Crippen LogP contribution in [0.1, 0.15) is 61.0 Å². The van der Waals surface area contributed by atoms with Crippen LogP contribution in [-0.4, -0.2) is 48.0 Å². The Kier molecular flexibility index (Phi) is 5.12. The summed E-state index contributed by atoms with van der Waals surface area (Å²) in [6.07, 6.45) is -0.284. The third kappa shape index (κ3) is 3.81. The molecule has 0 bridgehead atoms. The summed E-state index contributed by atoms with van der Waals surface area (Å²) in [5.41, 5.74) is -0.452. The lowest BCUT2D eigenvalue weighted by atomic mass is 9.57. The molecule has 2 aliphatic rings. The van der Waals surface area contributed by atoms with Gasteiger partial charge in [-0.25, -0.2) is 4.79 Å². The van der Waals surface area contributed by atoms with Gasteiger partial charge in [0.15, 0.2) is 0 Å². The van der Waals surface area contributed by atoms with Crippen LogP contribution in [-0.2, 0) is 19.5 Å². The average Bonchev–Trinajstić information content (AvgIpc) is 3.02. The number of ether oxygens (including phenoxy) is 1. The van der Waals surface area contributed by atoms with E-state index < -0.39 is 16.8 Å². The van der Waals surface area contributed by atoms with Crippen LogP contribution in [0.15, 0.2) is 30.3 Å². The molecule has 154 valence electrons. The number of carbonyl (C=O) groups is 1. The molecule has 0 aromatic heterocycles. The number of amides is 1. The third-order valence-corrected chi connectivity index (χ3v) is 6.44. The SMILES string of the molecule is CC(C)(C)OC(=O)N1C[C@H](B2OC(C)(C)C(C)(C)O2)[C@](C)(c2ccccc2)C1. The minimum Gasteiger partial charge on any atom is -0.444 e. The van der Waals surface area contributed by atoms with Crippen LogP contribution < -0.4 is 0 Å². The second-order valence-electron chi connectivity index (χ2n) is 10.4. The molecule has 0 spiro atoms. The van der Waals surface area contributed by atoms with Gasteiger partial charge in [-0.05, 0) is 54.0 Å². The van der Waals surface area contributed by atoms with Crippen LogP contribution in [0.4, 0.5) is 4.79 Å². The zero-order valence-corrected chi connectivity index (χ0v) is 18.5. The van der Waals surface area contributed by atoms with Gasteiger partial charge in [0.25, 0.3) is 0 Å². The standard InChI is InChI=1S/C22H34BNO4/c1-19(2,3)26-18(25)24-14-17(23-27-20(4,5)21(6,7)28-23)22(8,15-24)16-12-10-9-11-13-16/h9-13,17H,14-15H2,1-8H3/t17-,22-/m0/s1. The van der Waals surface area contributed by atoms with Crippen molar-refractivity contribution in [2.24, 2.45) is 0 Å². The number of carbonyl (C=O) groups excluding carboxylic acids is 1. The van der Waals surface area contributed by atoms with Gasteiger partial charge in [0, 0.05) is 24.3 Å². The molecule has 2 heterocycles. The summed E-state index contributed by atoms with van der Waals surface area (Å²) < 4.78 is 18.4. The van der Waals surface area contributed by atoms with Gasteiger partial charge < -0.3 is 18.9 Å². The summed E-state index contributed by atoms with van der Waals surface area (Å²) in [6, 6.07) is 10.3. The fraction of sp³-hybridized carbons (Fsp3) is 0.682. The fourth-order valence-electron chi connectivity index (χ4n) is 4.05. The van der Waals surface area contributed by atoms with E-state index in [1.165, 1.54) is 5.56 Å². The van der Waals surface area contributed by atoms with Crippen molar-refractivity contribution < 1.29 is 18.8 Å². The Morgan fingerprint density at radius 3 is 2.11 bits per heavy atom. The first-order valence-electron chi connectivity index (χ1n) is 10.1. The van der Waals surface area contributed by atoms with Crippen molar-refractivity contribution in [3.8, 4) is 0 Å². The van der Waals surface area contributed by atoms with Crippen LogP contribution in [0.2, 0.25) is 5.82 Å². The first-order valence-corrected chi connectivity index (χ1v) is 10.1. The van der Waals surface area contributed by atoms with Crippen molar-refractivity contribution in [2.45, 2.75) is 83.4 Å². The molecule has 1 aromatic rings. The van der Waals surface area contributed by atoms with Gasteiger partial charge >= 0.3 is 13.2 Å². The van der Waals surface area contributed by atoms with Gasteiger partial charge in [-0.15, -0.1) is 0 Å². The maximum absolute atomic E-state index is 12.8. The van der Waals surface area contributed by atoms with E-state index in [2.05, 4.69) is 46.8 Å². The first kappa shape index (κ1) is 21.2. The topological polar surface area (TPSA) is 48.0 Å². The van der Waals surface area contributed by atoms with E-state index in [1.807, 2.05) is 39.0 Å². The van der Waals surface area contributed by atoms with Gasteiger partial charge in [0.1, 0.15) is 5.60 Å². The maximum atomic E-state index is 12.8. The molecule has 0 aliphatic carbocycles. The highest BCUT2D eigenvalue weighted by Crippen LogP contribution is 2.50. The van der Waals surface area contributed by atoms with E-state index in [4.69, 9.17) is 14.0 Å². The lowest BCUT2D eigenvalue weighted by molar-refractivity contribution is 0.00578. The number of likely N-dealkylation sites (tertiary alicyclic amines) is 1. The van der Waals surface area contributed by atoms with E-state index in [1.54, 1.807) is 4.90 Å². The fourth-order valence-corrected chi connectivity index (χ4v) is 4.05. The smallest absolute Gasteiger partial charge is 0.444 e. The zero-order chi connectivity index (χ0) is 21.0. The molecule has 0 unspecified atom stereocenters. The van der Waals surface area contributed by atoms with Gasteiger partial charge in [-0.3, -0.25) is 0 Å². The van der Waals surface area contributed by atoms with Crippen molar-refractivity contribution in [1.29, 1.82) is 0 Å². The Morgan fingerprint density at radius 2 is 1.61 bits per heavy atom. The number of nitrogens with zero attached hydrogens (tertiary/aromatic N) is 1. The summed E-state index contributed by atoms with van der Waals surface area (Å²) in [5.74, 6) is 0.00321. The zero-order valence-electron chi connectivity index (χ0n) is 18.5. The second kappa shape index (κ2) is 6.77. The van der Waals surface area contributed by atoms with Crippen LogP contribution in [0, 0.1) is 0 Å². The monoisotopic (exact) mass is 387 g/mol. The summed E-state index contributed by atoms with van der Waals surface area (Å²) in [7, 11) is -0.386. The number of rotatable bonds is 2. The van der Waals surface area contributed by atoms with Crippen LogP contribution in [0.5, 0.6) is 0 Å².